The molecular weight excluding hydrogens is 384 g/mol. The summed E-state index contributed by atoms with van der Waals surface area (Å²) in [6.45, 7) is 4.29. The van der Waals surface area contributed by atoms with Crippen LogP contribution >= 0.6 is 0 Å². The molecule has 6 nitrogen and oxygen atoms in total. The predicted molar refractivity (Wildman–Crippen MR) is 117 cm³/mol. The van der Waals surface area contributed by atoms with Crippen LogP contribution in [0.3, 0.4) is 0 Å². The van der Waals surface area contributed by atoms with Gasteiger partial charge in [-0.3, -0.25) is 4.79 Å². The maximum absolute atomic E-state index is 13.1. The summed E-state index contributed by atoms with van der Waals surface area (Å²) >= 11 is 0. The molecule has 0 spiro atoms. The Hall–Kier alpha value is -3.41. The maximum Gasteiger partial charge on any atom is 0.193 e. The third-order valence-corrected chi connectivity index (χ3v) is 4.27. The highest BCUT2D eigenvalue weighted by atomic mass is 16.5. The van der Waals surface area contributed by atoms with Gasteiger partial charge in [-0.1, -0.05) is 11.6 Å². The van der Waals surface area contributed by atoms with Crippen molar-refractivity contribution in [3.05, 3.63) is 59.2 Å². The SMILES string of the molecule is COc1cc(/C=C/C(=O)c2c(OC)cc(OC)cc2OCC=C(C)C)cc(OC)c1. The molecule has 0 heterocycles. The van der Waals surface area contributed by atoms with Gasteiger partial charge in [0.05, 0.1) is 28.4 Å². The number of carbonyl (C=O) groups is 1. The molecule has 2 aromatic carbocycles. The van der Waals surface area contributed by atoms with E-state index in [1.807, 2.05) is 32.1 Å². The number of benzene rings is 2. The summed E-state index contributed by atoms with van der Waals surface area (Å²) in [5.41, 5.74) is 2.20. The van der Waals surface area contributed by atoms with Crippen LogP contribution in [0.15, 0.2) is 48.1 Å². The Morgan fingerprint density at radius 1 is 0.800 bits per heavy atom. The molecule has 0 aromatic heterocycles. The minimum absolute atomic E-state index is 0.261. The van der Waals surface area contributed by atoms with Crippen LogP contribution in [0.25, 0.3) is 6.08 Å². The van der Waals surface area contributed by atoms with Crippen molar-refractivity contribution >= 4 is 11.9 Å². The zero-order chi connectivity index (χ0) is 22.1. The molecule has 0 aliphatic carbocycles. The Labute approximate surface area is 177 Å². The van der Waals surface area contributed by atoms with Crippen molar-refractivity contribution in [3.63, 3.8) is 0 Å². The minimum Gasteiger partial charge on any atom is -0.497 e. The fraction of sp³-hybridized carbons (Fsp3) is 0.292. The van der Waals surface area contributed by atoms with Crippen molar-refractivity contribution in [2.45, 2.75) is 13.8 Å². The first-order valence-corrected chi connectivity index (χ1v) is 9.39. The molecule has 6 heteroatoms. The second kappa shape index (κ2) is 11.0. The lowest BCUT2D eigenvalue weighted by atomic mass is 10.1. The van der Waals surface area contributed by atoms with Gasteiger partial charge in [-0.25, -0.2) is 0 Å². The molecule has 0 bridgehead atoms. The van der Waals surface area contributed by atoms with E-state index >= 15 is 0 Å². The summed E-state index contributed by atoms with van der Waals surface area (Å²) < 4.78 is 27.1. The molecule has 0 fully saturated rings. The summed E-state index contributed by atoms with van der Waals surface area (Å²) in [5.74, 6) is 2.31. The summed E-state index contributed by atoms with van der Waals surface area (Å²) in [6.07, 6.45) is 5.09. The van der Waals surface area contributed by atoms with Crippen molar-refractivity contribution in [2.24, 2.45) is 0 Å². The Bertz CT molecular complexity index is 917. The number of ether oxygens (including phenoxy) is 5. The van der Waals surface area contributed by atoms with Crippen molar-refractivity contribution in [1.82, 2.24) is 0 Å². The Balaban J connectivity index is 2.41. The summed E-state index contributed by atoms with van der Waals surface area (Å²) in [7, 11) is 6.20. The predicted octanol–water partition coefficient (Wildman–Crippen LogP) is 4.96. The average molecular weight is 412 g/mol. The lowest BCUT2D eigenvalue weighted by molar-refractivity contribution is 0.104. The fourth-order valence-electron chi connectivity index (χ4n) is 2.68. The number of methoxy groups -OCH3 is 4. The van der Waals surface area contributed by atoms with Gasteiger partial charge in [-0.2, -0.15) is 0 Å². The van der Waals surface area contributed by atoms with E-state index in [4.69, 9.17) is 23.7 Å². The average Bonchev–Trinajstić information content (AvgIpc) is 2.76. The molecule has 160 valence electrons. The van der Waals surface area contributed by atoms with Crippen molar-refractivity contribution in [3.8, 4) is 28.7 Å². The van der Waals surface area contributed by atoms with Gasteiger partial charge in [0.2, 0.25) is 0 Å². The highest BCUT2D eigenvalue weighted by Gasteiger charge is 2.19. The Morgan fingerprint density at radius 3 is 1.90 bits per heavy atom. The molecule has 0 saturated heterocycles. The van der Waals surface area contributed by atoms with Gasteiger partial charge < -0.3 is 23.7 Å². The quantitative estimate of drug-likeness (QED) is 0.312. The van der Waals surface area contributed by atoms with E-state index in [0.717, 1.165) is 11.1 Å². The molecule has 0 atom stereocenters. The van der Waals surface area contributed by atoms with Gasteiger partial charge in [-0.05, 0) is 43.7 Å². The third-order valence-electron chi connectivity index (χ3n) is 4.27. The van der Waals surface area contributed by atoms with Gasteiger partial charge in [0.1, 0.15) is 40.9 Å². The van der Waals surface area contributed by atoms with E-state index < -0.39 is 0 Å². The second-order valence-corrected chi connectivity index (χ2v) is 6.64. The molecule has 30 heavy (non-hydrogen) atoms. The van der Waals surface area contributed by atoms with Crippen LogP contribution < -0.4 is 23.7 Å². The number of carbonyl (C=O) groups excluding carboxylic acids is 1. The van der Waals surface area contributed by atoms with Crippen LogP contribution in [0.1, 0.15) is 29.8 Å². The lowest BCUT2D eigenvalue weighted by Crippen LogP contribution is -2.06. The summed E-state index contributed by atoms with van der Waals surface area (Å²) in [4.78, 5) is 13.1. The molecular formula is C24H28O6. The van der Waals surface area contributed by atoms with Crippen LogP contribution in [0.5, 0.6) is 28.7 Å². The smallest absolute Gasteiger partial charge is 0.193 e. The standard InChI is InChI=1S/C24H28O6/c1-16(2)9-10-30-23-15-20(28-5)14-22(29-6)24(23)21(25)8-7-17-11-18(26-3)13-19(12-17)27-4/h7-9,11-15H,10H2,1-6H3/b8-7+. The van der Waals surface area contributed by atoms with Gasteiger partial charge in [0, 0.05) is 18.2 Å². The first kappa shape index (κ1) is 22.9. The van der Waals surface area contributed by atoms with E-state index in [-0.39, 0.29) is 5.78 Å². The number of ketones is 1. The van der Waals surface area contributed by atoms with Crippen LogP contribution in [0, 0.1) is 0 Å². The molecule has 2 rings (SSSR count). The fourth-order valence-corrected chi connectivity index (χ4v) is 2.68. The lowest BCUT2D eigenvalue weighted by Gasteiger charge is -2.14. The monoisotopic (exact) mass is 412 g/mol. The van der Waals surface area contributed by atoms with Crippen molar-refractivity contribution in [2.75, 3.05) is 35.0 Å². The zero-order valence-electron chi connectivity index (χ0n) is 18.3. The van der Waals surface area contributed by atoms with Gasteiger partial charge in [0.15, 0.2) is 5.78 Å². The maximum atomic E-state index is 13.1. The molecule has 0 saturated carbocycles. The highest BCUT2D eigenvalue weighted by Crippen LogP contribution is 2.35. The number of hydrogen-bond donors (Lipinski definition) is 0. The minimum atomic E-state index is -0.261. The van der Waals surface area contributed by atoms with Gasteiger partial charge in [0.25, 0.3) is 0 Å². The molecule has 0 amide bonds. The third kappa shape index (κ3) is 6.04. The van der Waals surface area contributed by atoms with Gasteiger partial charge in [-0.15, -0.1) is 0 Å². The van der Waals surface area contributed by atoms with E-state index in [2.05, 4.69) is 0 Å². The van der Waals surface area contributed by atoms with Crippen molar-refractivity contribution < 1.29 is 28.5 Å². The molecule has 0 aliphatic rings. The largest absolute Gasteiger partial charge is 0.497 e. The normalized spacial score (nSPS) is 10.5. The van der Waals surface area contributed by atoms with Crippen LogP contribution in [0.2, 0.25) is 0 Å². The first-order valence-electron chi connectivity index (χ1n) is 9.39. The molecule has 0 aliphatic heterocycles. The van der Waals surface area contributed by atoms with Crippen LogP contribution in [-0.4, -0.2) is 40.8 Å². The zero-order valence-corrected chi connectivity index (χ0v) is 18.3. The summed E-state index contributed by atoms with van der Waals surface area (Å²) in [6, 6.07) is 8.72. The molecule has 0 N–H and O–H groups in total. The number of allylic oxidation sites excluding steroid dienone is 2. The Morgan fingerprint density at radius 2 is 1.37 bits per heavy atom. The highest BCUT2D eigenvalue weighted by molar-refractivity contribution is 6.10. The summed E-state index contributed by atoms with van der Waals surface area (Å²) in [5, 5.41) is 0. The van der Waals surface area contributed by atoms with Crippen LogP contribution in [0.4, 0.5) is 0 Å². The topological polar surface area (TPSA) is 63.2 Å². The molecule has 0 radical (unpaired) electrons. The first-order chi connectivity index (χ1) is 14.4. The van der Waals surface area contributed by atoms with E-state index in [0.29, 0.717) is 40.9 Å². The van der Waals surface area contributed by atoms with Gasteiger partial charge >= 0.3 is 0 Å². The number of rotatable bonds is 10. The van der Waals surface area contributed by atoms with E-state index in [1.165, 1.54) is 13.2 Å². The van der Waals surface area contributed by atoms with E-state index in [1.54, 1.807) is 45.6 Å². The molecule has 2 aromatic rings. The van der Waals surface area contributed by atoms with Crippen LogP contribution in [-0.2, 0) is 0 Å². The van der Waals surface area contributed by atoms with Crippen molar-refractivity contribution in [1.29, 1.82) is 0 Å². The Kier molecular flexibility index (Phi) is 8.35. The second-order valence-electron chi connectivity index (χ2n) is 6.64. The molecule has 0 unspecified atom stereocenters. The number of hydrogen-bond acceptors (Lipinski definition) is 6. The van der Waals surface area contributed by atoms with E-state index in [9.17, 15) is 4.79 Å².